The predicted molar refractivity (Wildman–Crippen MR) is 79.9 cm³/mol. The van der Waals surface area contributed by atoms with E-state index in [1.165, 1.54) is 0 Å². The summed E-state index contributed by atoms with van der Waals surface area (Å²) in [7, 11) is 3.96. The van der Waals surface area contributed by atoms with Gasteiger partial charge in [-0.2, -0.15) is 0 Å². The molecule has 0 aliphatic rings. The van der Waals surface area contributed by atoms with E-state index in [4.69, 9.17) is 4.42 Å². The largest absolute Gasteiger partial charge is 0.444 e. The number of carbonyl (C=O) groups excluding carboxylic acids is 1. The molecule has 0 unspecified atom stereocenters. The molecule has 100 valence electrons. The quantitative estimate of drug-likeness (QED) is 0.937. The molecule has 1 heterocycles. The molecule has 2 rings (SSSR count). The van der Waals surface area contributed by atoms with Crippen LogP contribution < -0.4 is 10.2 Å². The molecular weight excluding hydrogens is 308 g/mol. The summed E-state index contributed by atoms with van der Waals surface area (Å²) in [5.74, 6) is 0.0226. The standard InChI is InChI=1S/C14H15BrN2O2/c1-9-8-10(17(2)3)4-5-11(9)16-14(18)12-6-7-13(15)19-12/h4-8H,1-3H3,(H,16,18). The molecule has 5 heteroatoms. The number of hydrogen-bond acceptors (Lipinski definition) is 3. The molecule has 0 saturated heterocycles. The van der Waals surface area contributed by atoms with Crippen LogP contribution in [0.4, 0.5) is 11.4 Å². The number of benzene rings is 1. The van der Waals surface area contributed by atoms with Gasteiger partial charge in [-0.05, 0) is 58.7 Å². The molecule has 0 spiro atoms. The monoisotopic (exact) mass is 322 g/mol. The van der Waals surface area contributed by atoms with Gasteiger partial charge in [0, 0.05) is 25.5 Å². The summed E-state index contributed by atoms with van der Waals surface area (Å²) in [4.78, 5) is 14.0. The van der Waals surface area contributed by atoms with Crippen LogP contribution in [0.5, 0.6) is 0 Å². The fraction of sp³-hybridized carbons (Fsp3) is 0.214. The van der Waals surface area contributed by atoms with E-state index >= 15 is 0 Å². The smallest absolute Gasteiger partial charge is 0.291 e. The Kier molecular flexibility index (Phi) is 3.95. The Morgan fingerprint density at radius 3 is 2.53 bits per heavy atom. The van der Waals surface area contributed by atoms with Crippen LogP contribution in [-0.2, 0) is 0 Å². The fourth-order valence-corrected chi connectivity index (χ4v) is 1.99. The number of nitrogens with one attached hydrogen (secondary N) is 1. The van der Waals surface area contributed by atoms with Gasteiger partial charge in [-0.3, -0.25) is 4.79 Å². The predicted octanol–water partition coefficient (Wildman–Crippen LogP) is 3.67. The van der Waals surface area contributed by atoms with Gasteiger partial charge in [-0.15, -0.1) is 0 Å². The zero-order chi connectivity index (χ0) is 14.0. The average Bonchev–Trinajstić information content (AvgIpc) is 2.78. The van der Waals surface area contributed by atoms with Gasteiger partial charge < -0.3 is 14.6 Å². The highest BCUT2D eigenvalue weighted by molar-refractivity contribution is 9.10. The second-order valence-electron chi connectivity index (χ2n) is 4.45. The van der Waals surface area contributed by atoms with Crippen molar-refractivity contribution in [2.45, 2.75) is 6.92 Å². The van der Waals surface area contributed by atoms with Crippen LogP contribution >= 0.6 is 15.9 Å². The molecule has 1 N–H and O–H groups in total. The number of rotatable bonds is 3. The lowest BCUT2D eigenvalue weighted by Crippen LogP contribution is -2.13. The molecule has 0 bridgehead atoms. The van der Waals surface area contributed by atoms with Crippen molar-refractivity contribution in [1.29, 1.82) is 0 Å². The van der Waals surface area contributed by atoms with Crippen molar-refractivity contribution in [3.05, 3.63) is 46.3 Å². The molecule has 0 aliphatic heterocycles. The molecule has 2 aromatic rings. The Balaban J connectivity index is 2.17. The summed E-state index contributed by atoms with van der Waals surface area (Å²) >= 11 is 3.17. The van der Waals surface area contributed by atoms with Crippen molar-refractivity contribution in [3.8, 4) is 0 Å². The first-order chi connectivity index (χ1) is 8.97. The molecule has 1 aromatic carbocycles. The lowest BCUT2D eigenvalue weighted by molar-refractivity contribution is 0.0995. The first-order valence-corrected chi connectivity index (χ1v) is 6.61. The minimum atomic E-state index is -0.258. The lowest BCUT2D eigenvalue weighted by Gasteiger charge is -2.15. The van der Waals surface area contributed by atoms with Gasteiger partial charge in [0.15, 0.2) is 10.4 Å². The number of anilines is 2. The van der Waals surface area contributed by atoms with Gasteiger partial charge in [-0.1, -0.05) is 0 Å². The summed E-state index contributed by atoms with van der Waals surface area (Å²) < 4.78 is 5.75. The van der Waals surface area contributed by atoms with E-state index in [1.54, 1.807) is 12.1 Å². The third-order valence-electron chi connectivity index (χ3n) is 2.77. The van der Waals surface area contributed by atoms with Crippen molar-refractivity contribution in [3.63, 3.8) is 0 Å². The van der Waals surface area contributed by atoms with Crippen LogP contribution in [0.3, 0.4) is 0 Å². The number of hydrogen-bond donors (Lipinski definition) is 1. The Bertz CT molecular complexity index is 605. The summed E-state index contributed by atoms with van der Waals surface area (Å²) in [5.41, 5.74) is 2.88. The summed E-state index contributed by atoms with van der Waals surface area (Å²) in [6, 6.07) is 9.19. The molecule has 0 aliphatic carbocycles. The van der Waals surface area contributed by atoms with Crippen LogP contribution in [0.25, 0.3) is 0 Å². The molecule has 0 saturated carbocycles. The zero-order valence-electron chi connectivity index (χ0n) is 11.0. The summed E-state index contributed by atoms with van der Waals surface area (Å²) in [6.07, 6.45) is 0. The van der Waals surface area contributed by atoms with E-state index in [2.05, 4.69) is 21.2 Å². The second kappa shape index (κ2) is 5.48. The van der Waals surface area contributed by atoms with E-state index in [9.17, 15) is 4.79 Å². The number of halogens is 1. The van der Waals surface area contributed by atoms with E-state index in [1.807, 2.05) is 44.1 Å². The molecule has 19 heavy (non-hydrogen) atoms. The van der Waals surface area contributed by atoms with Crippen LogP contribution in [0.1, 0.15) is 16.1 Å². The number of aryl methyl sites for hydroxylation is 1. The molecule has 0 radical (unpaired) electrons. The van der Waals surface area contributed by atoms with Crippen molar-refractivity contribution in [1.82, 2.24) is 0 Å². The number of carbonyl (C=O) groups is 1. The van der Waals surface area contributed by atoms with E-state index in [-0.39, 0.29) is 11.7 Å². The van der Waals surface area contributed by atoms with Crippen LogP contribution in [0.15, 0.2) is 39.4 Å². The first kappa shape index (κ1) is 13.7. The SMILES string of the molecule is Cc1cc(N(C)C)ccc1NC(=O)c1ccc(Br)o1. The van der Waals surface area contributed by atoms with Crippen molar-refractivity contribution in [2.75, 3.05) is 24.3 Å². The van der Waals surface area contributed by atoms with E-state index in [0.717, 1.165) is 16.9 Å². The number of amides is 1. The minimum absolute atomic E-state index is 0.258. The van der Waals surface area contributed by atoms with Crippen molar-refractivity contribution in [2.24, 2.45) is 0 Å². The van der Waals surface area contributed by atoms with Crippen LogP contribution in [0.2, 0.25) is 0 Å². The number of furan rings is 1. The molecule has 0 fully saturated rings. The van der Waals surface area contributed by atoms with Gasteiger partial charge in [0.05, 0.1) is 0 Å². The van der Waals surface area contributed by atoms with Crippen LogP contribution in [-0.4, -0.2) is 20.0 Å². The lowest BCUT2D eigenvalue weighted by atomic mass is 10.1. The summed E-state index contributed by atoms with van der Waals surface area (Å²) in [5, 5.41) is 2.83. The van der Waals surface area contributed by atoms with Gasteiger partial charge in [-0.25, -0.2) is 0 Å². The highest BCUT2D eigenvalue weighted by Gasteiger charge is 2.12. The maximum absolute atomic E-state index is 12.0. The Morgan fingerprint density at radius 2 is 2.00 bits per heavy atom. The Labute approximate surface area is 120 Å². The first-order valence-electron chi connectivity index (χ1n) is 5.82. The van der Waals surface area contributed by atoms with Gasteiger partial charge >= 0.3 is 0 Å². The molecule has 1 amide bonds. The maximum Gasteiger partial charge on any atom is 0.291 e. The normalized spacial score (nSPS) is 10.3. The van der Waals surface area contributed by atoms with Crippen molar-refractivity contribution >= 4 is 33.2 Å². The highest BCUT2D eigenvalue weighted by atomic mass is 79.9. The Hall–Kier alpha value is -1.75. The third-order valence-corrected chi connectivity index (χ3v) is 3.20. The Morgan fingerprint density at radius 1 is 1.26 bits per heavy atom. The van der Waals surface area contributed by atoms with Gasteiger partial charge in [0.25, 0.3) is 5.91 Å². The maximum atomic E-state index is 12.0. The second-order valence-corrected chi connectivity index (χ2v) is 5.23. The topological polar surface area (TPSA) is 45.5 Å². The van der Waals surface area contributed by atoms with Gasteiger partial charge in [0.2, 0.25) is 0 Å². The van der Waals surface area contributed by atoms with Crippen LogP contribution in [0, 0.1) is 6.92 Å². The van der Waals surface area contributed by atoms with Crippen molar-refractivity contribution < 1.29 is 9.21 Å². The van der Waals surface area contributed by atoms with E-state index in [0.29, 0.717) is 4.67 Å². The number of nitrogens with zero attached hydrogens (tertiary/aromatic N) is 1. The highest BCUT2D eigenvalue weighted by Crippen LogP contribution is 2.22. The average molecular weight is 323 g/mol. The van der Waals surface area contributed by atoms with E-state index < -0.39 is 0 Å². The minimum Gasteiger partial charge on any atom is -0.444 e. The molecule has 0 atom stereocenters. The molecule has 1 aromatic heterocycles. The molecule has 4 nitrogen and oxygen atoms in total. The summed E-state index contributed by atoms with van der Waals surface area (Å²) in [6.45, 7) is 1.96. The fourth-order valence-electron chi connectivity index (χ4n) is 1.69. The zero-order valence-corrected chi connectivity index (χ0v) is 12.6. The van der Waals surface area contributed by atoms with Gasteiger partial charge in [0.1, 0.15) is 0 Å². The third kappa shape index (κ3) is 3.17. The molecular formula is C14H15BrN2O2.